The third-order valence-corrected chi connectivity index (χ3v) is 5.88. The van der Waals surface area contributed by atoms with E-state index in [2.05, 4.69) is 10.3 Å². The second-order valence-corrected chi connectivity index (χ2v) is 8.81. The zero-order valence-electron chi connectivity index (χ0n) is 19.6. The Bertz CT molecular complexity index is 1470. The number of H-pyrrole nitrogens is 1. The van der Waals surface area contributed by atoms with Gasteiger partial charge in [0.2, 0.25) is 5.91 Å². The standard InChI is InChI=1S/C27H26N4O4/c1-17(2)35-22-11-9-20(10-12-22)31-25(33)13-8-18-15-23(29-26(18)31)27(34)28-19-5-3-6-21(16-19)30-14-4-7-24(30)32/h3,5-6,8-13,15-17,29H,4,7,14H2,1-2H3,(H,28,34). The minimum Gasteiger partial charge on any atom is -0.491 e. The Balaban J connectivity index is 1.43. The number of nitrogens with zero attached hydrogens (tertiary/aromatic N) is 2. The number of benzene rings is 2. The largest absolute Gasteiger partial charge is 0.491 e. The smallest absolute Gasteiger partial charge is 0.272 e. The van der Waals surface area contributed by atoms with Crippen LogP contribution >= 0.6 is 0 Å². The Labute approximate surface area is 202 Å². The van der Waals surface area contributed by atoms with Crippen LogP contribution in [0.3, 0.4) is 0 Å². The van der Waals surface area contributed by atoms with Gasteiger partial charge in [0.15, 0.2) is 0 Å². The topological polar surface area (TPSA) is 96.4 Å². The van der Waals surface area contributed by atoms with Crippen molar-refractivity contribution in [3.05, 3.63) is 82.8 Å². The van der Waals surface area contributed by atoms with Crippen LogP contribution in [0.15, 0.2) is 71.5 Å². The van der Waals surface area contributed by atoms with Gasteiger partial charge >= 0.3 is 0 Å². The summed E-state index contributed by atoms with van der Waals surface area (Å²) in [5.74, 6) is 0.463. The third-order valence-electron chi connectivity index (χ3n) is 5.88. The highest BCUT2D eigenvalue weighted by Gasteiger charge is 2.22. The van der Waals surface area contributed by atoms with Crippen LogP contribution in [0.2, 0.25) is 0 Å². The minimum absolute atomic E-state index is 0.0491. The number of nitrogens with one attached hydrogen (secondary N) is 2. The molecule has 1 aliphatic rings. The number of aromatic nitrogens is 2. The van der Waals surface area contributed by atoms with Gasteiger partial charge in [0.1, 0.15) is 17.1 Å². The molecule has 1 aliphatic heterocycles. The van der Waals surface area contributed by atoms with Crippen LogP contribution in [0, 0.1) is 0 Å². The van der Waals surface area contributed by atoms with E-state index >= 15 is 0 Å². The number of pyridine rings is 1. The van der Waals surface area contributed by atoms with Crippen LogP contribution in [-0.2, 0) is 4.79 Å². The highest BCUT2D eigenvalue weighted by atomic mass is 16.5. The molecule has 8 heteroatoms. The first-order valence-corrected chi connectivity index (χ1v) is 11.6. The lowest BCUT2D eigenvalue weighted by Gasteiger charge is -2.16. The number of anilines is 2. The summed E-state index contributed by atoms with van der Waals surface area (Å²) < 4.78 is 7.22. The molecular formula is C27H26N4O4. The van der Waals surface area contributed by atoms with Crippen molar-refractivity contribution in [2.24, 2.45) is 0 Å². The summed E-state index contributed by atoms with van der Waals surface area (Å²) in [6, 6.07) is 19.4. The van der Waals surface area contributed by atoms with Crippen molar-refractivity contribution >= 4 is 34.2 Å². The number of carbonyl (C=O) groups excluding carboxylic acids is 2. The second kappa shape index (κ2) is 9.13. The summed E-state index contributed by atoms with van der Waals surface area (Å²) in [5.41, 5.74) is 2.64. The van der Waals surface area contributed by atoms with Gasteiger partial charge in [0.25, 0.3) is 11.5 Å². The van der Waals surface area contributed by atoms with Crippen molar-refractivity contribution < 1.29 is 14.3 Å². The average molecular weight is 471 g/mol. The van der Waals surface area contributed by atoms with Gasteiger partial charge in [-0.3, -0.25) is 19.0 Å². The third kappa shape index (κ3) is 4.55. The van der Waals surface area contributed by atoms with E-state index in [1.807, 2.05) is 50.2 Å². The van der Waals surface area contributed by atoms with E-state index < -0.39 is 0 Å². The van der Waals surface area contributed by atoms with Crippen molar-refractivity contribution in [3.8, 4) is 11.4 Å². The van der Waals surface area contributed by atoms with Gasteiger partial charge in [-0.2, -0.15) is 0 Å². The number of carbonyl (C=O) groups is 2. The quantitative estimate of drug-likeness (QED) is 0.434. The normalized spacial score (nSPS) is 13.6. The maximum atomic E-state index is 13.0. The average Bonchev–Trinajstić information content (AvgIpc) is 3.46. The predicted octanol–water partition coefficient (Wildman–Crippen LogP) is 4.49. The van der Waals surface area contributed by atoms with Gasteiger partial charge in [-0.1, -0.05) is 6.07 Å². The molecule has 2 aromatic heterocycles. The minimum atomic E-state index is -0.342. The number of amides is 2. The second-order valence-electron chi connectivity index (χ2n) is 8.81. The SMILES string of the molecule is CC(C)Oc1ccc(-n2c(=O)ccc3cc(C(=O)Nc4cccc(N5CCCC5=O)c4)[nH]c32)cc1. The molecule has 5 rings (SSSR count). The molecule has 3 heterocycles. The molecule has 1 fully saturated rings. The van der Waals surface area contributed by atoms with E-state index in [4.69, 9.17) is 4.74 Å². The fraction of sp³-hybridized carbons (Fsp3) is 0.222. The molecule has 0 saturated carbocycles. The number of hydrogen-bond donors (Lipinski definition) is 2. The van der Waals surface area contributed by atoms with Gasteiger partial charge < -0.3 is 19.9 Å². The van der Waals surface area contributed by atoms with Crippen LogP contribution in [0.4, 0.5) is 11.4 Å². The molecule has 35 heavy (non-hydrogen) atoms. The number of rotatable bonds is 6. The lowest BCUT2D eigenvalue weighted by molar-refractivity contribution is -0.117. The first kappa shape index (κ1) is 22.5. The van der Waals surface area contributed by atoms with Gasteiger partial charge in [-0.25, -0.2) is 0 Å². The highest BCUT2D eigenvalue weighted by Crippen LogP contribution is 2.25. The van der Waals surface area contributed by atoms with Crippen molar-refractivity contribution in [3.63, 3.8) is 0 Å². The Kier molecular flexibility index (Phi) is 5.86. The molecule has 4 aromatic rings. The molecule has 2 N–H and O–H groups in total. The van der Waals surface area contributed by atoms with E-state index in [0.717, 1.165) is 17.5 Å². The van der Waals surface area contributed by atoms with Crippen LogP contribution in [0.5, 0.6) is 5.75 Å². The van der Waals surface area contributed by atoms with Gasteiger partial charge in [-0.15, -0.1) is 0 Å². The fourth-order valence-electron chi connectivity index (χ4n) is 4.31. The van der Waals surface area contributed by atoms with E-state index in [1.54, 1.807) is 29.2 Å². The van der Waals surface area contributed by atoms with Crippen LogP contribution in [0.25, 0.3) is 16.7 Å². The molecule has 2 amide bonds. The molecule has 0 spiro atoms. The maximum absolute atomic E-state index is 13.0. The summed E-state index contributed by atoms with van der Waals surface area (Å²) in [5, 5.41) is 3.62. The van der Waals surface area contributed by atoms with Crippen molar-refractivity contribution in [2.75, 3.05) is 16.8 Å². The lowest BCUT2D eigenvalue weighted by atomic mass is 10.2. The molecule has 1 saturated heterocycles. The van der Waals surface area contributed by atoms with E-state index in [9.17, 15) is 14.4 Å². The predicted molar refractivity (Wildman–Crippen MR) is 136 cm³/mol. The monoisotopic (exact) mass is 470 g/mol. The molecular weight excluding hydrogens is 444 g/mol. The Morgan fingerprint density at radius 1 is 1.00 bits per heavy atom. The highest BCUT2D eigenvalue weighted by molar-refractivity contribution is 6.06. The first-order valence-electron chi connectivity index (χ1n) is 11.6. The van der Waals surface area contributed by atoms with Crippen LogP contribution in [-0.4, -0.2) is 34.0 Å². The van der Waals surface area contributed by atoms with E-state index in [-0.39, 0.29) is 23.5 Å². The summed E-state index contributed by atoms with van der Waals surface area (Å²) in [6.07, 6.45) is 1.42. The van der Waals surface area contributed by atoms with E-state index in [0.29, 0.717) is 41.4 Å². The van der Waals surface area contributed by atoms with Crippen molar-refractivity contribution in [1.82, 2.24) is 9.55 Å². The molecule has 0 aliphatic carbocycles. The van der Waals surface area contributed by atoms with Gasteiger partial charge in [-0.05, 0) is 74.9 Å². The van der Waals surface area contributed by atoms with Crippen molar-refractivity contribution in [1.29, 1.82) is 0 Å². The van der Waals surface area contributed by atoms with Crippen molar-refractivity contribution in [2.45, 2.75) is 32.8 Å². The zero-order chi connectivity index (χ0) is 24.5. The molecule has 0 unspecified atom stereocenters. The maximum Gasteiger partial charge on any atom is 0.272 e. The Morgan fingerprint density at radius 3 is 2.51 bits per heavy atom. The molecule has 0 bridgehead atoms. The summed E-state index contributed by atoms with van der Waals surface area (Å²) >= 11 is 0. The first-order chi connectivity index (χ1) is 16.9. The summed E-state index contributed by atoms with van der Waals surface area (Å²) in [7, 11) is 0. The van der Waals surface area contributed by atoms with Crippen LogP contribution < -0.4 is 20.5 Å². The fourth-order valence-corrected chi connectivity index (χ4v) is 4.31. The molecule has 0 atom stereocenters. The van der Waals surface area contributed by atoms with Gasteiger partial charge in [0.05, 0.1) is 11.8 Å². The number of ether oxygens (including phenoxy) is 1. The number of fused-ring (bicyclic) bond motifs is 1. The molecule has 178 valence electrons. The molecule has 8 nitrogen and oxygen atoms in total. The molecule has 0 radical (unpaired) electrons. The summed E-state index contributed by atoms with van der Waals surface area (Å²) in [6.45, 7) is 4.58. The number of hydrogen-bond acceptors (Lipinski definition) is 4. The Hall–Kier alpha value is -4.33. The zero-order valence-corrected chi connectivity index (χ0v) is 19.6. The summed E-state index contributed by atoms with van der Waals surface area (Å²) in [4.78, 5) is 42.7. The number of aromatic amines is 1. The Morgan fingerprint density at radius 2 is 1.80 bits per heavy atom. The molecule has 2 aromatic carbocycles. The van der Waals surface area contributed by atoms with Gasteiger partial charge in [0, 0.05) is 35.8 Å². The van der Waals surface area contributed by atoms with Crippen LogP contribution in [0.1, 0.15) is 37.2 Å². The lowest BCUT2D eigenvalue weighted by Crippen LogP contribution is -2.23. The van der Waals surface area contributed by atoms with E-state index in [1.165, 1.54) is 10.6 Å².